The second kappa shape index (κ2) is 4.16. The molecule has 0 aliphatic carbocycles. The van der Waals surface area contributed by atoms with Crippen LogP contribution < -0.4 is 0 Å². The number of halogens is 1. The third kappa shape index (κ3) is 1.93. The lowest BCUT2D eigenvalue weighted by Gasteiger charge is -1.95. The van der Waals surface area contributed by atoms with E-state index in [0.29, 0.717) is 11.3 Å². The predicted octanol–water partition coefficient (Wildman–Crippen LogP) is 2.23. The van der Waals surface area contributed by atoms with Crippen LogP contribution >= 0.6 is 0 Å². The Kier molecular flexibility index (Phi) is 2.49. The first-order chi connectivity index (χ1) is 9.15. The lowest BCUT2D eigenvalue weighted by molar-refractivity contribution is 0.0692. The van der Waals surface area contributed by atoms with E-state index in [1.54, 1.807) is 28.9 Å². The summed E-state index contributed by atoms with van der Waals surface area (Å²) >= 11 is 0. The van der Waals surface area contributed by atoms with E-state index >= 15 is 0 Å². The lowest BCUT2D eigenvalue weighted by Crippen LogP contribution is -2.03. The number of nitrogens with zero attached hydrogens (tertiary/aromatic N) is 3. The molecule has 0 aliphatic heterocycles. The van der Waals surface area contributed by atoms with Gasteiger partial charge < -0.3 is 9.51 Å². The Bertz CT molecular complexity index is 765. The van der Waals surface area contributed by atoms with E-state index in [1.807, 2.05) is 0 Å². The van der Waals surface area contributed by atoms with Crippen LogP contribution in [0.25, 0.3) is 16.9 Å². The average molecular weight is 257 g/mol. The fourth-order valence-corrected chi connectivity index (χ4v) is 1.83. The predicted molar refractivity (Wildman–Crippen MR) is 65.3 cm³/mol. The Morgan fingerprint density at radius 3 is 2.68 bits per heavy atom. The third-order valence-electron chi connectivity index (χ3n) is 2.72. The minimum atomic E-state index is -1.14. The number of imidazole rings is 1. The summed E-state index contributed by atoms with van der Waals surface area (Å²) in [6, 6.07) is 5.83. The zero-order chi connectivity index (χ0) is 13.4. The maximum Gasteiger partial charge on any atom is 0.358 e. The number of carbonyl (C=O) groups is 1. The molecule has 0 radical (unpaired) electrons. The number of hydrogen-bond donors (Lipinski definition) is 1. The van der Waals surface area contributed by atoms with E-state index in [9.17, 15) is 9.18 Å². The van der Waals surface area contributed by atoms with Gasteiger partial charge in [-0.3, -0.25) is 0 Å². The van der Waals surface area contributed by atoms with Crippen molar-refractivity contribution in [1.82, 2.24) is 14.4 Å². The topological polar surface area (TPSA) is 67.5 Å². The number of carboxylic acid groups (broad SMARTS) is 1. The standard InChI is InChI=1S/C13H8FN3O2/c14-9-3-1-8(2-4-9)10-7-17-6-5-15-11(13(18)19)12(17)16-10/h1-7H,(H,18,19). The van der Waals surface area contributed by atoms with E-state index in [4.69, 9.17) is 5.11 Å². The van der Waals surface area contributed by atoms with Gasteiger partial charge in [-0.25, -0.2) is 19.2 Å². The van der Waals surface area contributed by atoms with Crippen LogP contribution in [0.2, 0.25) is 0 Å². The van der Waals surface area contributed by atoms with E-state index in [0.717, 1.165) is 0 Å². The normalized spacial score (nSPS) is 10.8. The van der Waals surface area contributed by atoms with Crippen LogP contribution in [-0.2, 0) is 0 Å². The van der Waals surface area contributed by atoms with Crippen molar-refractivity contribution < 1.29 is 14.3 Å². The molecule has 2 heterocycles. The molecule has 0 aliphatic rings. The van der Waals surface area contributed by atoms with Gasteiger partial charge in [-0.1, -0.05) is 0 Å². The van der Waals surface area contributed by atoms with Crippen LogP contribution in [0.1, 0.15) is 10.5 Å². The van der Waals surface area contributed by atoms with Crippen molar-refractivity contribution in [2.24, 2.45) is 0 Å². The van der Waals surface area contributed by atoms with Gasteiger partial charge in [-0.15, -0.1) is 0 Å². The minimum absolute atomic E-state index is 0.115. The first kappa shape index (κ1) is 11.3. The summed E-state index contributed by atoms with van der Waals surface area (Å²) in [5.41, 5.74) is 1.42. The van der Waals surface area contributed by atoms with E-state index in [-0.39, 0.29) is 17.2 Å². The molecule has 0 atom stereocenters. The second-order valence-corrected chi connectivity index (χ2v) is 3.94. The highest BCUT2D eigenvalue weighted by atomic mass is 19.1. The van der Waals surface area contributed by atoms with Crippen molar-refractivity contribution >= 4 is 11.6 Å². The van der Waals surface area contributed by atoms with Crippen LogP contribution in [0, 0.1) is 5.82 Å². The Hall–Kier alpha value is -2.76. The van der Waals surface area contributed by atoms with Crippen molar-refractivity contribution in [3.8, 4) is 11.3 Å². The molecular formula is C13H8FN3O2. The molecule has 2 aromatic heterocycles. The monoisotopic (exact) mass is 257 g/mol. The molecule has 0 spiro atoms. The molecule has 94 valence electrons. The van der Waals surface area contributed by atoms with Crippen LogP contribution in [0.5, 0.6) is 0 Å². The fraction of sp³-hybridized carbons (Fsp3) is 0. The highest BCUT2D eigenvalue weighted by Gasteiger charge is 2.14. The lowest BCUT2D eigenvalue weighted by atomic mass is 10.2. The summed E-state index contributed by atoms with van der Waals surface area (Å²) in [5, 5.41) is 9.03. The van der Waals surface area contributed by atoms with Crippen molar-refractivity contribution in [2.75, 3.05) is 0 Å². The fourth-order valence-electron chi connectivity index (χ4n) is 1.83. The van der Waals surface area contributed by atoms with E-state index in [1.165, 1.54) is 18.3 Å². The molecule has 3 rings (SSSR count). The first-order valence-corrected chi connectivity index (χ1v) is 5.48. The number of carboxylic acids is 1. The Morgan fingerprint density at radius 2 is 2.00 bits per heavy atom. The maximum atomic E-state index is 12.9. The summed E-state index contributed by atoms with van der Waals surface area (Å²) < 4.78 is 14.4. The van der Waals surface area contributed by atoms with Crippen LogP contribution in [0.4, 0.5) is 4.39 Å². The van der Waals surface area contributed by atoms with Gasteiger partial charge in [-0.2, -0.15) is 0 Å². The summed E-state index contributed by atoms with van der Waals surface area (Å²) in [7, 11) is 0. The zero-order valence-electron chi connectivity index (χ0n) is 9.62. The van der Waals surface area contributed by atoms with Gasteiger partial charge in [0.1, 0.15) is 5.82 Å². The summed E-state index contributed by atoms with van der Waals surface area (Å²) in [6.07, 6.45) is 4.69. The number of aromatic nitrogens is 3. The number of benzene rings is 1. The van der Waals surface area contributed by atoms with Gasteiger partial charge >= 0.3 is 5.97 Å². The molecule has 3 aromatic rings. The molecule has 0 bridgehead atoms. The Balaban J connectivity index is 2.19. The summed E-state index contributed by atoms with van der Waals surface area (Å²) in [5.74, 6) is -1.47. The van der Waals surface area contributed by atoms with Gasteiger partial charge in [-0.05, 0) is 24.3 Å². The van der Waals surface area contributed by atoms with Gasteiger partial charge in [0.05, 0.1) is 5.69 Å². The molecule has 0 fully saturated rings. The van der Waals surface area contributed by atoms with Crippen LogP contribution in [0.3, 0.4) is 0 Å². The minimum Gasteiger partial charge on any atom is -0.476 e. The molecule has 0 unspecified atom stereocenters. The van der Waals surface area contributed by atoms with Crippen molar-refractivity contribution in [3.05, 3.63) is 54.4 Å². The maximum absolute atomic E-state index is 12.9. The number of fused-ring (bicyclic) bond motifs is 1. The summed E-state index contributed by atoms with van der Waals surface area (Å²) in [6.45, 7) is 0. The van der Waals surface area contributed by atoms with Crippen LogP contribution in [-0.4, -0.2) is 25.4 Å². The second-order valence-electron chi connectivity index (χ2n) is 3.94. The Labute approximate surface area is 107 Å². The molecule has 6 heteroatoms. The molecule has 1 N–H and O–H groups in total. The SMILES string of the molecule is O=C(O)c1nccn2cc(-c3ccc(F)cc3)nc12. The molecule has 1 aromatic carbocycles. The molecule has 0 saturated carbocycles. The highest BCUT2D eigenvalue weighted by molar-refractivity contribution is 5.92. The number of hydrogen-bond acceptors (Lipinski definition) is 3. The van der Waals surface area contributed by atoms with Crippen molar-refractivity contribution in [3.63, 3.8) is 0 Å². The van der Waals surface area contributed by atoms with Gasteiger partial charge in [0.15, 0.2) is 11.3 Å². The van der Waals surface area contributed by atoms with Gasteiger partial charge in [0.2, 0.25) is 0 Å². The highest BCUT2D eigenvalue weighted by Crippen LogP contribution is 2.20. The zero-order valence-corrected chi connectivity index (χ0v) is 9.62. The van der Waals surface area contributed by atoms with Crippen molar-refractivity contribution in [1.29, 1.82) is 0 Å². The molecular weight excluding hydrogens is 249 g/mol. The van der Waals surface area contributed by atoms with Gasteiger partial charge in [0.25, 0.3) is 0 Å². The number of rotatable bonds is 2. The van der Waals surface area contributed by atoms with Crippen molar-refractivity contribution in [2.45, 2.75) is 0 Å². The number of aromatic carboxylic acids is 1. The molecule has 19 heavy (non-hydrogen) atoms. The van der Waals surface area contributed by atoms with E-state index < -0.39 is 5.97 Å². The van der Waals surface area contributed by atoms with Gasteiger partial charge in [0, 0.05) is 24.2 Å². The third-order valence-corrected chi connectivity index (χ3v) is 2.72. The molecule has 5 nitrogen and oxygen atoms in total. The van der Waals surface area contributed by atoms with Crippen LogP contribution in [0.15, 0.2) is 42.9 Å². The summed E-state index contributed by atoms with van der Waals surface area (Å²) in [4.78, 5) is 19.1. The average Bonchev–Trinajstić information content (AvgIpc) is 2.82. The quantitative estimate of drug-likeness (QED) is 0.764. The molecule has 0 amide bonds. The largest absolute Gasteiger partial charge is 0.476 e. The van der Waals surface area contributed by atoms with E-state index in [2.05, 4.69) is 9.97 Å². The first-order valence-electron chi connectivity index (χ1n) is 5.48. The Morgan fingerprint density at radius 1 is 1.26 bits per heavy atom. The molecule has 0 saturated heterocycles. The smallest absolute Gasteiger partial charge is 0.358 e.